The van der Waals surface area contributed by atoms with E-state index >= 15 is 0 Å². The Hall–Kier alpha value is -0.570. The maximum Gasteiger partial charge on any atom is 0.0571 e. The van der Waals surface area contributed by atoms with Crippen molar-refractivity contribution in [2.75, 3.05) is 0 Å². The van der Waals surface area contributed by atoms with Crippen LogP contribution >= 0.6 is 0 Å². The van der Waals surface area contributed by atoms with Crippen molar-refractivity contribution >= 4 is 5.97 Å². The quantitative estimate of drug-likeness (QED) is 0.561. The lowest BCUT2D eigenvalue weighted by Crippen LogP contribution is -2.21. The molecular weight excluding hydrogens is 264 g/mol. The van der Waals surface area contributed by atoms with Crippen LogP contribution < -0.4 is 5.11 Å². The maximum atomic E-state index is 10.3. The van der Waals surface area contributed by atoms with E-state index in [-0.39, 0.29) is 12.5 Å². The smallest absolute Gasteiger partial charge is 0.0571 e. The lowest BCUT2D eigenvalue weighted by atomic mass is 9.86. The highest BCUT2D eigenvalue weighted by atomic mass is 16.4. The molecule has 1 aliphatic carbocycles. The highest BCUT2D eigenvalue weighted by molar-refractivity contribution is 5.63. The van der Waals surface area contributed by atoms with Gasteiger partial charge in [0.05, 0.1) is 6.10 Å². The van der Waals surface area contributed by atoms with Gasteiger partial charge in [-0.25, -0.2) is 0 Å². The van der Waals surface area contributed by atoms with Gasteiger partial charge in [-0.3, -0.25) is 0 Å². The molecule has 0 bridgehead atoms. The van der Waals surface area contributed by atoms with E-state index in [1.165, 1.54) is 38.5 Å². The minimum absolute atomic E-state index is 0.0932. The summed E-state index contributed by atoms with van der Waals surface area (Å²) in [6, 6.07) is 0. The van der Waals surface area contributed by atoms with Gasteiger partial charge >= 0.3 is 0 Å². The maximum absolute atomic E-state index is 10.3. The van der Waals surface area contributed by atoms with Crippen molar-refractivity contribution in [3.63, 3.8) is 0 Å². The Balaban J connectivity index is 2.13. The molecule has 0 heterocycles. The molecule has 0 aromatic heterocycles. The monoisotopic (exact) mass is 297 g/mol. The molecular formula is C18H33O3-. The number of carbonyl (C=O) groups excluding carboxylic acids is 1. The minimum Gasteiger partial charge on any atom is -0.550 e. The molecule has 1 aliphatic rings. The summed E-state index contributed by atoms with van der Waals surface area (Å²) < 4.78 is 0. The zero-order valence-electron chi connectivity index (χ0n) is 13.7. The lowest BCUT2D eigenvalue weighted by Gasteiger charge is -2.22. The largest absolute Gasteiger partial charge is 0.550 e. The zero-order chi connectivity index (χ0) is 15.5. The van der Waals surface area contributed by atoms with Crippen LogP contribution in [0.1, 0.15) is 90.4 Å². The Bertz CT molecular complexity index is 278. The molecule has 1 rings (SSSR count). The van der Waals surface area contributed by atoms with E-state index in [9.17, 15) is 15.0 Å². The zero-order valence-corrected chi connectivity index (χ0v) is 13.7. The van der Waals surface area contributed by atoms with E-state index in [4.69, 9.17) is 0 Å². The van der Waals surface area contributed by atoms with Gasteiger partial charge < -0.3 is 15.0 Å². The van der Waals surface area contributed by atoms with Crippen LogP contribution in [-0.4, -0.2) is 17.2 Å². The molecule has 0 aromatic rings. The molecule has 0 radical (unpaired) electrons. The van der Waals surface area contributed by atoms with Crippen LogP contribution in [0.4, 0.5) is 0 Å². The summed E-state index contributed by atoms with van der Waals surface area (Å²) in [5, 5.41) is 20.5. The highest BCUT2D eigenvalue weighted by Gasteiger charge is 2.33. The number of carbonyl (C=O) groups is 1. The predicted molar refractivity (Wildman–Crippen MR) is 83.7 cm³/mol. The standard InChI is InChI=1S/C18H34O3/c1-2-3-4-7-10-15-13-14-17(19)16(15)11-8-5-6-9-12-18(20)21/h15-17,19H,2-14H2,1H3,(H,20,21)/p-1/t15-,16+,17?/m0/s1. The molecule has 21 heavy (non-hydrogen) atoms. The van der Waals surface area contributed by atoms with Gasteiger partial charge in [-0.2, -0.15) is 0 Å². The fourth-order valence-electron chi connectivity index (χ4n) is 3.75. The second-order valence-corrected chi connectivity index (χ2v) is 6.74. The third kappa shape index (κ3) is 7.85. The Morgan fingerprint density at radius 3 is 2.38 bits per heavy atom. The molecule has 0 amide bonds. The van der Waals surface area contributed by atoms with Crippen molar-refractivity contribution in [1.82, 2.24) is 0 Å². The lowest BCUT2D eigenvalue weighted by molar-refractivity contribution is -0.305. The Morgan fingerprint density at radius 2 is 1.67 bits per heavy atom. The first-order valence-electron chi connectivity index (χ1n) is 9.03. The van der Waals surface area contributed by atoms with E-state index in [0.717, 1.165) is 44.4 Å². The average molecular weight is 297 g/mol. The van der Waals surface area contributed by atoms with Gasteiger partial charge in [0.15, 0.2) is 0 Å². The van der Waals surface area contributed by atoms with Crippen molar-refractivity contribution in [2.24, 2.45) is 11.8 Å². The second-order valence-electron chi connectivity index (χ2n) is 6.74. The topological polar surface area (TPSA) is 60.4 Å². The van der Waals surface area contributed by atoms with E-state index < -0.39 is 5.97 Å². The number of rotatable bonds is 12. The first kappa shape index (κ1) is 18.5. The molecule has 3 nitrogen and oxygen atoms in total. The van der Waals surface area contributed by atoms with Gasteiger partial charge in [0.2, 0.25) is 0 Å². The Kier molecular flexibility index (Phi) is 9.73. The number of carboxylic acid groups (broad SMARTS) is 1. The van der Waals surface area contributed by atoms with Crippen LogP contribution in [0.3, 0.4) is 0 Å². The fourth-order valence-corrected chi connectivity index (χ4v) is 3.75. The molecule has 0 aliphatic heterocycles. The molecule has 1 N–H and O–H groups in total. The molecule has 0 saturated heterocycles. The molecule has 0 aromatic carbocycles. The molecule has 3 heteroatoms. The third-order valence-electron chi connectivity index (χ3n) is 5.03. The summed E-state index contributed by atoms with van der Waals surface area (Å²) in [5.74, 6) is 0.279. The van der Waals surface area contributed by atoms with Crippen molar-refractivity contribution in [2.45, 2.75) is 96.5 Å². The fraction of sp³-hybridized carbons (Fsp3) is 0.944. The van der Waals surface area contributed by atoms with Gasteiger partial charge in [0.25, 0.3) is 0 Å². The number of carboxylic acids is 1. The van der Waals surface area contributed by atoms with Gasteiger partial charge in [0, 0.05) is 5.97 Å². The van der Waals surface area contributed by atoms with E-state index in [2.05, 4.69) is 6.92 Å². The highest BCUT2D eigenvalue weighted by Crippen LogP contribution is 2.38. The van der Waals surface area contributed by atoms with Gasteiger partial charge in [-0.05, 0) is 43.9 Å². The number of hydrogen-bond acceptors (Lipinski definition) is 3. The number of aliphatic carboxylic acids is 1. The molecule has 1 saturated carbocycles. The molecule has 124 valence electrons. The van der Waals surface area contributed by atoms with Crippen LogP contribution in [0.5, 0.6) is 0 Å². The van der Waals surface area contributed by atoms with Crippen LogP contribution in [-0.2, 0) is 4.79 Å². The summed E-state index contributed by atoms with van der Waals surface area (Å²) in [6.45, 7) is 2.24. The number of hydrogen-bond donors (Lipinski definition) is 1. The summed E-state index contributed by atoms with van der Waals surface area (Å²) >= 11 is 0. The van der Waals surface area contributed by atoms with Gasteiger partial charge in [-0.1, -0.05) is 58.3 Å². The number of aliphatic hydroxyl groups is 1. The summed E-state index contributed by atoms with van der Waals surface area (Å²) in [5.41, 5.74) is 0. The first-order chi connectivity index (χ1) is 10.1. The van der Waals surface area contributed by atoms with Crippen molar-refractivity contribution in [1.29, 1.82) is 0 Å². The normalized spacial score (nSPS) is 25.3. The molecule has 0 spiro atoms. The Labute approximate surface area is 130 Å². The first-order valence-corrected chi connectivity index (χ1v) is 9.03. The second kappa shape index (κ2) is 11.1. The van der Waals surface area contributed by atoms with Crippen molar-refractivity contribution in [3.05, 3.63) is 0 Å². The van der Waals surface area contributed by atoms with E-state index in [0.29, 0.717) is 5.92 Å². The molecule has 3 atom stereocenters. The average Bonchev–Trinajstić information content (AvgIpc) is 2.79. The Morgan fingerprint density at radius 1 is 1.00 bits per heavy atom. The minimum atomic E-state index is -0.937. The van der Waals surface area contributed by atoms with Gasteiger partial charge in [0.1, 0.15) is 0 Å². The number of unbranched alkanes of at least 4 members (excludes halogenated alkanes) is 6. The SMILES string of the molecule is CCCCCC[C@H]1CCC(O)[C@@H]1CCCCCCC(=O)[O-]. The third-order valence-corrected chi connectivity index (χ3v) is 5.03. The molecule has 1 fully saturated rings. The van der Waals surface area contributed by atoms with Crippen molar-refractivity contribution in [3.8, 4) is 0 Å². The summed E-state index contributed by atoms with van der Waals surface area (Å²) in [6.07, 6.45) is 13.8. The van der Waals surface area contributed by atoms with Gasteiger partial charge in [-0.15, -0.1) is 0 Å². The van der Waals surface area contributed by atoms with E-state index in [1.54, 1.807) is 0 Å². The predicted octanol–water partition coefficient (Wildman–Crippen LogP) is 3.43. The summed E-state index contributed by atoms with van der Waals surface area (Å²) in [4.78, 5) is 10.3. The van der Waals surface area contributed by atoms with Crippen molar-refractivity contribution < 1.29 is 15.0 Å². The van der Waals surface area contributed by atoms with Crippen LogP contribution in [0.2, 0.25) is 0 Å². The summed E-state index contributed by atoms with van der Waals surface area (Å²) in [7, 11) is 0. The van der Waals surface area contributed by atoms with Crippen LogP contribution in [0.25, 0.3) is 0 Å². The van der Waals surface area contributed by atoms with Crippen LogP contribution in [0.15, 0.2) is 0 Å². The molecule has 1 unspecified atom stereocenters. The van der Waals surface area contributed by atoms with Crippen LogP contribution in [0, 0.1) is 11.8 Å². The van der Waals surface area contributed by atoms with E-state index in [1.807, 2.05) is 0 Å². The number of aliphatic hydroxyl groups excluding tert-OH is 1.